The minimum absolute atomic E-state index is 0.0528. The number of nitrogens with zero attached hydrogens (tertiary/aromatic N) is 4. The van der Waals surface area contributed by atoms with Crippen molar-refractivity contribution in [1.29, 1.82) is 0 Å². The van der Waals surface area contributed by atoms with E-state index in [-0.39, 0.29) is 34.3 Å². The molecule has 3 amide bonds. The van der Waals surface area contributed by atoms with Crippen LogP contribution in [0.5, 0.6) is 11.5 Å². The van der Waals surface area contributed by atoms with E-state index in [1.165, 1.54) is 50.7 Å². The number of carbonyl (C=O) groups excluding carboxylic acids is 2. The van der Waals surface area contributed by atoms with Crippen molar-refractivity contribution in [3.05, 3.63) is 71.9 Å². The number of hydrogen-bond donors (Lipinski definition) is 3. The molecule has 0 radical (unpaired) electrons. The Balaban J connectivity index is 1.47. The van der Waals surface area contributed by atoms with E-state index in [1.807, 2.05) is 0 Å². The summed E-state index contributed by atoms with van der Waals surface area (Å²) in [5, 5.41) is 13.1. The van der Waals surface area contributed by atoms with Crippen LogP contribution < -0.4 is 25.8 Å². The van der Waals surface area contributed by atoms with Crippen LogP contribution in [0, 0.1) is 11.6 Å². The zero-order chi connectivity index (χ0) is 27.0. The van der Waals surface area contributed by atoms with E-state index in [2.05, 4.69) is 25.8 Å². The van der Waals surface area contributed by atoms with Crippen LogP contribution in [0.4, 0.5) is 25.0 Å². The van der Waals surface area contributed by atoms with Gasteiger partial charge < -0.3 is 25.8 Å². The number of halogens is 2. The van der Waals surface area contributed by atoms with Gasteiger partial charge in [-0.25, -0.2) is 13.6 Å². The Morgan fingerprint density at radius 2 is 1.71 bits per heavy atom. The van der Waals surface area contributed by atoms with Gasteiger partial charge in [-0.1, -0.05) is 0 Å². The van der Waals surface area contributed by atoms with Crippen LogP contribution in [0.15, 0.2) is 54.7 Å². The fraction of sp³-hybridized carbons (Fsp3) is 0.0800. The number of carbonyl (C=O) groups is 2. The third kappa shape index (κ3) is 4.36. The smallest absolute Gasteiger partial charge is 0.323 e. The van der Waals surface area contributed by atoms with Gasteiger partial charge in [0.15, 0.2) is 23.0 Å². The summed E-state index contributed by atoms with van der Waals surface area (Å²) in [4.78, 5) is 28.7. The van der Waals surface area contributed by atoms with Gasteiger partial charge in [0.1, 0.15) is 11.6 Å². The highest BCUT2D eigenvalue weighted by Gasteiger charge is 2.18. The number of benzene rings is 3. The van der Waals surface area contributed by atoms with Gasteiger partial charge in [-0.2, -0.15) is 0 Å². The van der Waals surface area contributed by atoms with E-state index < -0.39 is 23.6 Å². The second kappa shape index (κ2) is 9.61. The predicted octanol–water partition coefficient (Wildman–Crippen LogP) is 3.98. The van der Waals surface area contributed by atoms with E-state index in [4.69, 9.17) is 15.2 Å². The number of nitrogens with one attached hydrogen (secondary N) is 2. The third-order valence-electron chi connectivity index (χ3n) is 5.69. The largest absolute Gasteiger partial charge is 0.496 e. The molecule has 0 aliphatic carbocycles. The van der Waals surface area contributed by atoms with Gasteiger partial charge in [0, 0.05) is 23.4 Å². The molecular formula is C25H19F2N7O4. The maximum absolute atomic E-state index is 15.0. The molecule has 0 bridgehead atoms. The molecular weight excluding hydrogens is 500 g/mol. The van der Waals surface area contributed by atoms with Crippen molar-refractivity contribution >= 4 is 40.0 Å². The van der Waals surface area contributed by atoms with Crippen LogP contribution in [0.3, 0.4) is 0 Å². The van der Waals surface area contributed by atoms with Crippen LogP contribution in [-0.4, -0.2) is 45.7 Å². The zero-order valence-corrected chi connectivity index (χ0v) is 20.0. The Hall–Kier alpha value is -5.33. The molecule has 0 aliphatic heterocycles. The van der Waals surface area contributed by atoms with E-state index >= 15 is 4.39 Å². The molecule has 2 heterocycles. The topological polar surface area (TPSA) is 146 Å². The fourth-order valence-corrected chi connectivity index (χ4v) is 3.91. The molecule has 0 fully saturated rings. The van der Waals surface area contributed by atoms with Crippen LogP contribution in [0.1, 0.15) is 10.4 Å². The predicted molar refractivity (Wildman–Crippen MR) is 134 cm³/mol. The first-order chi connectivity index (χ1) is 18.3. The molecule has 11 nitrogen and oxygen atoms in total. The van der Waals surface area contributed by atoms with E-state index in [0.717, 1.165) is 6.07 Å². The number of primary amides is 1. The molecule has 2 aromatic heterocycles. The highest BCUT2D eigenvalue weighted by atomic mass is 19.1. The fourth-order valence-electron chi connectivity index (χ4n) is 3.91. The number of ether oxygens (including phenoxy) is 2. The molecule has 5 aromatic rings. The summed E-state index contributed by atoms with van der Waals surface area (Å²) < 4.78 is 40.4. The highest BCUT2D eigenvalue weighted by Crippen LogP contribution is 2.29. The maximum Gasteiger partial charge on any atom is 0.323 e. The quantitative estimate of drug-likeness (QED) is 0.308. The first-order valence-corrected chi connectivity index (χ1v) is 11.0. The van der Waals surface area contributed by atoms with Crippen LogP contribution in [0.25, 0.3) is 28.1 Å². The summed E-state index contributed by atoms with van der Waals surface area (Å²) in [6.07, 6.45) is 1.48. The van der Waals surface area contributed by atoms with Crippen molar-refractivity contribution in [3.8, 4) is 22.9 Å². The van der Waals surface area contributed by atoms with E-state index in [0.29, 0.717) is 22.2 Å². The molecule has 0 atom stereocenters. The third-order valence-corrected chi connectivity index (χ3v) is 5.69. The number of rotatable bonds is 6. The normalized spacial score (nSPS) is 10.9. The minimum Gasteiger partial charge on any atom is -0.496 e. The van der Waals surface area contributed by atoms with Crippen molar-refractivity contribution in [3.63, 3.8) is 0 Å². The van der Waals surface area contributed by atoms with Gasteiger partial charge in [0.25, 0.3) is 5.91 Å². The minimum atomic E-state index is -0.747. The standard InChI is InChI=1S/C25H19F2N7O4/c1-37-20-10-18-19(9-14(20)23(28)35)34-22(11-29-18)32-33-24(34)12-3-6-17(16(27)7-12)31-25(36)30-13-4-5-15(26)21(8-13)38-2/h3-11H,1-2H3,(H2,28,35)(H2,30,31,36). The maximum atomic E-state index is 15.0. The molecule has 0 spiro atoms. The molecule has 0 unspecified atom stereocenters. The van der Waals surface area contributed by atoms with Gasteiger partial charge >= 0.3 is 6.03 Å². The van der Waals surface area contributed by atoms with E-state index in [9.17, 15) is 14.0 Å². The molecule has 0 aliphatic rings. The summed E-state index contributed by atoms with van der Waals surface area (Å²) in [6.45, 7) is 0. The lowest BCUT2D eigenvalue weighted by atomic mass is 10.1. The molecule has 0 saturated heterocycles. The first-order valence-electron chi connectivity index (χ1n) is 11.0. The van der Waals surface area contributed by atoms with Gasteiger partial charge in [-0.15, -0.1) is 10.2 Å². The number of aromatic nitrogens is 4. The molecule has 5 rings (SSSR count). The Morgan fingerprint density at radius 1 is 0.921 bits per heavy atom. The van der Waals surface area contributed by atoms with Gasteiger partial charge in [-0.3, -0.25) is 14.2 Å². The number of amides is 3. The Bertz CT molecular complexity index is 1740. The lowest BCUT2D eigenvalue weighted by Gasteiger charge is -2.11. The van der Waals surface area contributed by atoms with Gasteiger partial charge in [0.05, 0.1) is 42.7 Å². The molecule has 4 N–H and O–H groups in total. The Morgan fingerprint density at radius 3 is 2.42 bits per heavy atom. The molecule has 3 aromatic carbocycles. The summed E-state index contributed by atoms with van der Waals surface area (Å²) in [7, 11) is 2.70. The zero-order valence-electron chi connectivity index (χ0n) is 20.0. The molecule has 0 saturated carbocycles. The van der Waals surface area contributed by atoms with Crippen molar-refractivity contribution in [1.82, 2.24) is 19.6 Å². The average molecular weight is 519 g/mol. The monoisotopic (exact) mass is 519 g/mol. The number of fused-ring (bicyclic) bond motifs is 3. The van der Waals surface area contributed by atoms with E-state index in [1.54, 1.807) is 16.5 Å². The second-order valence-corrected chi connectivity index (χ2v) is 8.00. The molecule has 38 heavy (non-hydrogen) atoms. The van der Waals surface area contributed by atoms with Crippen molar-refractivity contribution in [2.45, 2.75) is 0 Å². The lowest BCUT2D eigenvalue weighted by molar-refractivity contribution is 0.0997. The number of nitrogens with two attached hydrogens (primary N) is 1. The second-order valence-electron chi connectivity index (χ2n) is 8.00. The van der Waals surface area contributed by atoms with Gasteiger partial charge in [-0.05, 0) is 36.4 Å². The number of urea groups is 1. The SMILES string of the molecule is COc1cc(NC(=O)Nc2ccc(-c3nnc4cnc5cc(OC)c(C(N)=O)cc5n34)cc2F)ccc1F. The van der Waals surface area contributed by atoms with Crippen LogP contribution in [-0.2, 0) is 0 Å². The van der Waals surface area contributed by atoms with Crippen LogP contribution >= 0.6 is 0 Å². The van der Waals surface area contributed by atoms with Crippen molar-refractivity contribution in [2.24, 2.45) is 5.73 Å². The number of anilines is 2. The highest BCUT2D eigenvalue weighted by molar-refractivity contribution is 6.01. The summed E-state index contributed by atoms with van der Waals surface area (Å²) in [5.74, 6) is -1.57. The Labute approximate surface area is 213 Å². The number of methoxy groups -OCH3 is 2. The first kappa shape index (κ1) is 24.4. The van der Waals surface area contributed by atoms with Crippen molar-refractivity contribution in [2.75, 3.05) is 24.9 Å². The summed E-state index contributed by atoms with van der Waals surface area (Å²) >= 11 is 0. The average Bonchev–Trinajstić information content (AvgIpc) is 3.34. The van der Waals surface area contributed by atoms with Crippen LogP contribution in [0.2, 0.25) is 0 Å². The van der Waals surface area contributed by atoms with Gasteiger partial charge in [0.2, 0.25) is 0 Å². The van der Waals surface area contributed by atoms with Crippen molar-refractivity contribution < 1.29 is 27.8 Å². The lowest BCUT2D eigenvalue weighted by Crippen LogP contribution is -2.20. The summed E-state index contributed by atoms with van der Waals surface area (Å²) in [5.41, 5.74) is 7.38. The summed E-state index contributed by atoms with van der Waals surface area (Å²) in [6, 6.07) is 10.2. The number of hydrogen-bond acceptors (Lipinski definition) is 7. The Kier molecular flexibility index (Phi) is 6.16. The molecule has 192 valence electrons. The molecule has 13 heteroatoms.